The number of hydrogen-bond donors (Lipinski definition) is 2. The Hall–Kier alpha value is -4.02. The summed E-state index contributed by atoms with van der Waals surface area (Å²) < 4.78 is 31.0. The molecule has 39 heavy (non-hydrogen) atoms. The third kappa shape index (κ3) is 5.17. The second-order valence-corrected chi connectivity index (χ2v) is 10.2. The van der Waals surface area contributed by atoms with E-state index in [1.54, 1.807) is 22.9 Å². The molecule has 1 aliphatic carbocycles. The van der Waals surface area contributed by atoms with Gasteiger partial charge in [-0.05, 0) is 62.8 Å². The van der Waals surface area contributed by atoms with Gasteiger partial charge in [-0.15, -0.1) is 0 Å². The van der Waals surface area contributed by atoms with Crippen LogP contribution in [-0.2, 0) is 16.1 Å². The van der Waals surface area contributed by atoms with E-state index in [4.69, 9.17) is 9.47 Å². The molecule has 1 aliphatic heterocycles. The van der Waals surface area contributed by atoms with Gasteiger partial charge in [0.05, 0.1) is 35.6 Å². The van der Waals surface area contributed by atoms with Gasteiger partial charge < -0.3 is 24.3 Å². The van der Waals surface area contributed by atoms with Crippen molar-refractivity contribution in [3.63, 3.8) is 0 Å². The molecule has 202 valence electrons. The smallest absolute Gasteiger partial charge is 0.258 e. The Kier molecular flexibility index (Phi) is 6.66. The van der Waals surface area contributed by atoms with Gasteiger partial charge >= 0.3 is 0 Å². The van der Waals surface area contributed by atoms with Gasteiger partial charge in [0.15, 0.2) is 17.9 Å². The second kappa shape index (κ2) is 10.3. The van der Waals surface area contributed by atoms with E-state index in [1.165, 1.54) is 31.3 Å². The molecule has 1 saturated carbocycles. The van der Waals surface area contributed by atoms with Crippen LogP contribution in [0, 0.1) is 5.82 Å². The Morgan fingerprint density at radius 3 is 2.79 bits per heavy atom. The lowest BCUT2D eigenvalue weighted by atomic mass is 10.0. The van der Waals surface area contributed by atoms with E-state index in [-0.39, 0.29) is 46.8 Å². The summed E-state index contributed by atoms with van der Waals surface area (Å²) in [4.78, 5) is 25.9. The second-order valence-electron chi connectivity index (χ2n) is 10.2. The number of hydrogen-bond acceptors (Lipinski definition) is 6. The number of halogens is 1. The van der Waals surface area contributed by atoms with Gasteiger partial charge in [0.1, 0.15) is 5.75 Å². The van der Waals surface area contributed by atoms with Crippen LogP contribution in [0.3, 0.4) is 0 Å². The molecule has 10 heteroatoms. The standard InChI is InChI=1S/C29H29FN4O5/c1-17(35)23-15-33-8-7-21(36)12-25(33)27(23)29(37)32-24-11-18(16-39-26-4-2-3-9-38-26)10-22(28(24)30)19-13-31-34(14-19)20-5-6-20/h7-8,10-15,20,26,36H,2-6,9,16H2,1H3,(H,32,37). The number of benzene rings is 1. The fraction of sp³-hybridized carbons (Fsp3) is 0.345. The number of fused-ring (bicyclic) bond motifs is 1. The normalized spacial score (nSPS) is 17.4. The third-order valence-electron chi connectivity index (χ3n) is 7.16. The highest BCUT2D eigenvalue weighted by Crippen LogP contribution is 2.37. The predicted molar refractivity (Wildman–Crippen MR) is 141 cm³/mol. The van der Waals surface area contributed by atoms with Crippen molar-refractivity contribution in [3.05, 3.63) is 71.6 Å². The van der Waals surface area contributed by atoms with Crippen molar-refractivity contribution in [2.24, 2.45) is 0 Å². The Morgan fingerprint density at radius 2 is 2.05 bits per heavy atom. The van der Waals surface area contributed by atoms with Gasteiger partial charge in [-0.3, -0.25) is 14.3 Å². The van der Waals surface area contributed by atoms with Crippen LogP contribution < -0.4 is 5.32 Å². The molecule has 1 amide bonds. The summed E-state index contributed by atoms with van der Waals surface area (Å²) >= 11 is 0. The number of nitrogens with one attached hydrogen (secondary N) is 1. The largest absolute Gasteiger partial charge is 0.508 e. The minimum absolute atomic E-state index is 0.0474. The summed E-state index contributed by atoms with van der Waals surface area (Å²) in [6.45, 7) is 2.16. The molecule has 9 nitrogen and oxygen atoms in total. The topological polar surface area (TPSA) is 107 Å². The Bertz CT molecular complexity index is 1570. The number of carbonyl (C=O) groups is 2. The molecule has 2 N–H and O–H groups in total. The molecule has 2 aliphatic rings. The van der Waals surface area contributed by atoms with Crippen molar-refractivity contribution in [2.75, 3.05) is 11.9 Å². The van der Waals surface area contributed by atoms with E-state index in [2.05, 4.69) is 10.4 Å². The van der Waals surface area contributed by atoms with Crippen molar-refractivity contribution in [2.45, 2.75) is 58.0 Å². The van der Waals surface area contributed by atoms with Gasteiger partial charge in [-0.25, -0.2) is 4.39 Å². The number of anilines is 1. The van der Waals surface area contributed by atoms with Crippen LogP contribution in [0.5, 0.6) is 5.75 Å². The zero-order valence-corrected chi connectivity index (χ0v) is 21.5. The Morgan fingerprint density at radius 1 is 1.21 bits per heavy atom. The average molecular weight is 533 g/mol. The number of carbonyl (C=O) groups excluding carboxylic acids is 2. The predicted octanol–water partition coefficient (Wildman–Crippen LogP) is 5.48. The van der Waals surface area contributed by atoms with Crippen LogP contribution in [0.2, 0.25) is 0 Å². The lowest BCUT2D eigenvalue weighted by Gasteiger charge is -2.23. The first-order valence-corrected chi connectivity index (χ1v) is 13.1. The number of amides is 1. The van der Waals surface area contributed by atoms with E-state index in [9.17, 15) is 14.7 Å². The molecule has 1 saturated heterocycles. The number of ketones is 1. The van der Waals surface area contributed by atoms with Crippen molar-refractivity contribution in [3.8, 4) is 16.9 Å². The first-order valence-electron chi connectivity index (χ1n) is 13.1. The van der Waals surface area contributed by atoms with Crippen molar-refractivity contribution >= 4 is 22.9 Å². The molecule has 2 fully saturated rings. The summed E-state index contributed by atoms with van der Waals surface area (Å²) in [5.74, 6) is -1.67. The van der Waals surface area contributed by atoms with E-state index in [0.717, 1.165) is 32.1 Å². The molecular weight excluding hydrogens is 503 g/mol. The molecule has 4 aromatic rings. The van der Waals surface area contributed by atoms with Crippen molar-refractivity contribution in [1.29, 1.82) is 0 Å². The van der Waals surface area contributed by atoms with Crippen molar-refractivity contribution < 1.29 is 28.6 Å². The first kappa shape index (κ1) is 25.3. The highest BCUT2D eigenvalue weighted by molar-refractivity contribution is 6.16. The first-order chi connectivity index (χ1) is 18.9. The number of nitrogens with zero attached hydrogens (tertiary/aromatic N) is 3. The fourth-order valence-electron chi connectivity index (χ4n) is 4.96. The number of pyridine rings is 1. The third-order valence-corrected chi connectivity index (χ3v) is 7.16. The monoisotopic (exact) mass is 532 g/mol. The molecule has 1 aromatic carbocycles. The van der Waals surface area contributed by atoms with E-state index >= 15 is 4.39 Å². The average Bonchev–Trinajstić information content (AvgIpc) is 3.53. The number of rotatable bonds is 8. The molecule has 3 aromatic heterocycles. The van der Waals surface area contributed by atoms with E-state index < -0.39 is 11.7 Å². The maximum Gasteiger partial charge on any atom is 0.258 e. The van der Waals surface area contributed by atoms with Crippen LogP contribution in [0.1, 0.15) is 71.3 Å². The number of Topliss-reactive ketones (excluding diaryl/α,β-unsaturated/α-hetero) is 1. The van der Waals surface area contributed by atoms with Crippen LogP contribution >= 0.6 is 0 Å². The molecule has 0 spiro atoms. The van der Waals surface area contributed by atoms with Crippen LogP contribution in [0.4, 0.5) is 10.1 Å². The number of aromatic hydroxyl groups is 1. The highest BCUT2D eigenvalue weighted by atomic mass is 19.1. The van der Waals surface area contributed by atoms with Crippen molar-refractivity contribution in [1.82, 2.24) is 14.2 Å². The Labute approximate surface area is 224 Å². The lowest BCUT2D eigenvalue weighted by molar-refractivity contribution is -0.168. The summed E-state index contributed by atoms with van der Waals surface area (Å²) in [7, 11) is 0. The van der Waals surface area contributed by atoms with Gasteiger partial charge in [0.25, 0.3) is 5.91 Å². The molecule has 1 unspecified atom stereocenters. The molecule has 1 atom stereocenters. The van der Waals surface area contributed by atoms with Crippen LogP contribution in [-0.4, -0.2) is 43.9 Å². The summed E-state index contributed by atoms with van der Waals surface area (Å²) in [6.07, 6.45) is 11.1. The SMILES string of the molecule is CC(=O)c1cn2ccc(O)cc2c1C(=O)Nc1cc(COC2CCCCO2)cc(-c2cnn(C3CC3)c2)c1F. The summed E-state index contributed by atoms with van der Waals surface area (Å²) in [6, 6.07) is 6.42. The maximum absolute atomic E-state index is 16.0. The lowest BCUT2D eigenvalue weighted by Crippen LogP contribution is -2.22. The van der Waals surface area contributed by atoms with Gasteiger partial charge in [0, 0.05) is 48.0 Å². The Balaban J connectivity index is 1.37. The molecule has 0 bridgehead atoms. The molecule has 4 heterocycles. The zero-order valence-electron chi connectivity index (χ0n) is 21.5. The highest BCUT2D eigenvalue weighted by Gasteiger charge is 2.26. The van der Waals surface area contributed by atoms with Crippen LogP contribution in [0.15, 0.2) is 49.1 Å². The number of ether oxygens (including phenoxy) is 2. The van der Waals surface area contributed by atoms with E-state index in [1.807, 2.05) is 10.9 Å². The summed E-state index contributed by atoms with van der Waals surface area (Å²) in [5, 5.41) is 17.1. The van der Waals surface area contributed by atoms with E-state index in [0.29, 0.717) is 29.3 Å². The molecular formula is C29H29FN4O5. The minimum atomic E-state index is -0.666. The number of aromatic nitrogens is 3. The quantitative estimate of drug-likeness (QED) is 0.291. The fourth-order valence-corrected chi connectivity index (χ4v) is 4.96. The zero-order chi connectivity index (χ0) is 27.1. The minimum Gasteiger partial charge on any atom is -0.508 e. The summed E-state index contributed by atoms with van der Waals surface area (Å²) in [5.41, 5.74) is 2.04. The van der Waals surface area contributed by atoms with Gasteiger partial charge in [-0.2, -0.15) is 5.10 Å². The maximum atomic E-state index is 16.0. The van der Waals surface area contributed by atoms with Crippen LogP contribution in [0.25, 0.3) is 16.6 Å². The van der Waals surface area contributed by atoms with Gasteiger partial charge in [0.2, 0.25) is 0 Å². The molecule has 0 radical (unpaired) electrons. The molecule has 6 rings (SSSR count). The van der Waals surface area contributed by atoms with Gasteiger partial charge in [-0.1, -0.05) is 0 Å².